The third-order valence-electron chi connectivity index (χ3n) is 3.19. The van der Waals surface area contributed by atoms with E-state index in [0.717, 1.165) is 17.1 Å². The zero-order chi connectivity index (χ0) is 14.7. The van der Waals surface area contributed by atoms with Gasteiger partial charge in [0.15, 0.2) is 0 Å². The molecule has 0 heterocycles. The second kappa shape index (κ2) is 6.21. The summed E-state index contributed by atoms with van der Waals surface area (Å²) in [5, 5.41) is 1.24. The molecule has 0 N–H and O–H groups in total. The monoisotopic (exact) mass is 313 g/mol. The van der Waals surface area contributed by atoms with Crippen molar-refractivity contribution in [3.8, 4) is 0 Å². The number of hydrogen-bond donors (Lipinski definition) is 0. The average Bonchev–Trinajstić information content (AvgIpc) is 2.53. The lowest BCUT2D eigenvalue weighted by Crippen LogP contribution is -2.10. The fourth-order valence-corrected chi connectivity index (χ4v) is 2.83. The quantitative estimate of drug-likeness (QED) is 0.536. The summed E-state index contributed by atoms with van der Waals surface area (Å²) in [6, 6.07) is 25.6. The molecule has 0 aliphatic carbocycles. The lowest BCUT2D eigenvalue weighted by molar-refractivity contribution is 1.28. The first-order valence-corrected chi connectivity index (χ1v) is 7.37. The second-order valence-electron chi connectivity index (χ2n) is 4.58. The van der Waals surface area contributed by atoms with Crippen LogP contribution in [0.2, 0.25) is 10.0 Å². The van der Waals surface area contributed by atoms with Gasteiger partial charge in [-0.05, 0) is 36.4 Å². The Morgan fingerprint density at radius 3 is 1.38 bits per heavy atom. The Labute approximate surface area is 134 Å². The molecule has 0 aliphatic heterocycles. The number of hydrogen-bond acceptors (Lipinski definition) is 1. The van der Waals surface area contributed by atoms with E-state index < -0.39 is 0 Å². The normalized spacial score (nSPS) is 10.4. The molecule has 0 spiro atoms. The van der Waals surface area contributed by atoms with Crippen LogP contribution in [-0.4, -0.2) is 0 Å². The van der Waals surface area contributed by atoms with Gasteiger partial charge >= 0.3 is 0 Å². The minimum Gasteiger partial charge on any atom is -0.308 e. The Kier molecular flexibility index (Phi) is 4.14. The summed E-state index contributed by atoms with van der Waals surface area (Å²) < 4.78 is 0. The van der Waals surface area contributed by atoms with E-state index in [1.807, 2.05) is 78.9 Å². The molecule has 3 aromatic carbocycles. The molecule has 0 atom stereocenters. The highest BCUT2D eigenvalue weighted by atomic mass is 35.5. The maximum atomic E-state index is 6.40. The predicted octanol–water partition coefficient (Wildman–Crippen LogP) is 6.46. The van der Waals surface area contributed by atoms with Gasteiger partial charge in [-0.2, -0.15) is 0 Å². The molecule has 0 unspecified atom stereocenters. The zero-order valence-corrected chi connectivity index (χ0v) is 12.7. The molecule has 0 fully saturated rings. The number of anilines is 3. The highest BCUT2D eigenvalue weighted by molar-refractivity contribution is 6.39. The Morgan fingerprint density at radius 1 is 0.524 bits per heavy atom. The Balaban J connectivity index is 2.23. The van der Waals surface area contributed by atoms with Crippen molar-refractivity contribution < 1.29 is 0 Å². The van der Waals surface area contributed by atoms with Gasteiger partial charge in [-0.15, -0.1) is 0 Å². The van der Waals surface area contributed by atoms with Crippen LogP contribution >= 0.6 is 23.2 Å². The van der Waals surface area contributed by atoms with Crippen LogP contribution in [0.3, 0.4) is 0 Å². The molecule has 0 saturated carbocycles. The molecule has 0 saturated heterocycles. The molecule has 0 aromatic heterocycles. The van der Waals surface area contributed by atoms with Gasteiger partial charge in [0.2, 0.25) is 0 Å². The molecular formula is C18H13Cl2N. The standard InChI is InChI=1S/C18H13Cl2N/c19-16-12-7-13-17(20)18(16)21(14-8-3-1-4-9-14)15-10-5-2-6-11-15/h1-13H. The molecule has 1 nitrogen and oxygen atoms in total. The molecule has 104 valence electrons. The van der Waals surface area contributed by atoms with Crippen molar-refractivity contribution in [2.75, 3.05) is 4.90 Å². The summed E-state index contributed by atoms with van der Waals surface area (Å²) in [6.45, 7) is 0. The molecule has 0 bridgehead atoms. The predicted molar refractivity (Wildman–Crippen MR) is 91.1 cm³/mol. The molecule has 3 aromatic rings. The van der Waals surface area contributed by atoms with Crippen LogP contribution in [0, 0.1) is 0 Å². The first-order valence-electron chi connectivity index (χ1n) is 6.61. The molecule has 0 aliphatic rings. The lowest BCUT2D eigenvalue weighted by Gasteiger charge is -2.27. The smallest absolute Gasteiger partial charge is 0.0835 e. The maximum Gasteiger partial charge on any atom is 0.0835 e. The van der Waals surface area contributed by atoms with E-state index in [1.165, 1.54) is 0 Å². The van der Waals surface area contributed by atoms with Crippen LogP contribution < -0.4 is 4.90 Å². The summed E-state index contributed by atoms with van der Waals surface area (Å²) >= 11 is 12.8. The topological polar surface area (TPSA) is 3.24 Å². The zero-order valence-electron chi connectivity index (χ0n) is 11.2. The minimum atomic E-state index is 0.621. The van der Waals surface area contributed by atoms with E-state index in [4.69, 9.17) is 23.2 Å². The van der Waals surface area contributed by atoms with Crippen LogP contribution in [0.25, 0.3) is 0 Å². The van der Waals surface area contributed by atoms with Crippen molar-refractivity contribution in [3.63, 3.8) is 0 Å². The first kappa shape index (κ1) is 14.0. The largest absolute Gasteiger partial charge is 0.308 e. The van der Waals surface area contributed by atoms with Crippen LogP contribution in [0.4, 0.5) is 17.1 Å². The van der Waals surface area contributed by atoms with E-state index in [9.17, 15) is 0 Å². The SMILES string of the molecule is Clc1cccc(Cl)c1N(c1ccccc1)c1ccccc1. The molecule has 3 heteroatoms. The highest BCUT2D eigenvalue weighted by Gasteiger charge is 2.17. The van der Waals surface area contributed by atoms with Gasteiger partial charge in [-0.1, -0.05) is 65.7 Å². The van der Waals surface area contributed by atoms with E-state index in [-0.39, 0.29) is 0 Å². The summed E-state index contributed by atoms with van der Waals surface area (Å²) in [5.41, 5.74) is 2.82. The third-order valence-corrected chi connectivity index (χ3v) is 3.80. The van der Waals surface area contributed by atoms with Gasteiger partial charge in [0.25, 0.3) is 0 Å². The fraction of sp³-hybridized carbons (Fsp3) is 0. The highest BCUT2D eigenvalue weighted by Crippen LogP contribution is 2.42. The maximum absolute atomic E-state index is 6.40. The number of halogens is 2. The van der Waals surface area contributed by atoms with Crippen molar-refractivity contribution in [1.29, 1.82) is 0 Å². The van der Waals surface area contributed by atoms with Gasteiger partial charge in [0, 0.05) is 11.4 Å². The van der Waals surface area contributed by atoms with Crippen molar-refractivity contribution in [3.05, 3.63) is 88.9 Å². The van der Waals surface area contributed by atoms with E-state index >= 15 is 0 Å². The lowest BCUT2D eigenvalue weighted by atomic mass is 10.2. The Bertz CT molecular complexity index is 667. The minimum absolute atomic E-state index is 0.621. The summed E-state index contributed by atoms with van der Waals surface area (Å²) in [6.07, 6.45) is 0. The molecule has 3 rings (SSSR count). The van der Waals surface area contributed by atoms with Gasteiger partial charge in [-0.3, -0.25) is 0 Å². The van der Waals surface area contributed by atoms with E-state index in [0.29, 0.717) is 10.0 Å². The van der Waals surface area contributed by atoms with Crippen molar-refractivity contribution in [2.24, 2.45) is 0 Å². The van der Waals surface area contributed by atoms with Crippen molar-refractivity contribution >= 4 is 40.3 Å². The number of rotatable bonds is 3. The van der Waals surface area contributed by atoms with Crippen molar-refractivity contribution in [1.82, 2.24) is 0 Å². The summed E-state index contributed by atoms with van der Waals surface area (Å²) in [5.74, 6) is 0. The van der Waals surface area contributed by atoms with E-state index in [1.54, 1.807) is 0 Å². The van der Waals surface area contributed by atoms with Gasteiger partial charge in [0.1, 0.15) is 0 Å². The number of para-hydroxylation sites is 3. The Hall–Kier alpha value is -1.96. The average molecular weight is 314 g/mol. The Morgan fingerprint density at radius 2 is 0.952 bits per heavy atom. The second-order valence-corrected chi connectivity index (χ2v) is 5.39. The molecular weight excluding hydrogens is 301 g/mol. The fourth-order valence-electron chi connectivity index (χ4n) is 2.26. The molecule has 21 heavy (non-hydrogen) atoms. The van der Waals surface area contributed by atoms with Gasteiger partial charge in [-0.25, -0.2) is 0 Å². The van der Waals surface area contributed by atoms with Crippen LogP contribution in [0.15, 0.2) is 78.9 Å². The molecule has 0 radical (unpaired) electrons. The molecule has 0 amide bonds. The van der Waals surface area contributed by atoms with Crippen LogP contribution in [0.1, 0.15) is 0 Å². The third kappa shape index (κ3) is 2.90. The van der Waals surface area contributed by atoms with Crippen molar-refractivity contribution in [2.45, 2.75) is 0 Å². The van der Waals surface area contributed by atoms with Gasteiger partial charge in [0.05, 0.1) is 15.7 Å². The number of nitrogens with zero attached hydrogens (tertiary/aromatic N) is 1. The van der Waals surface area contributed by atoms with Crippen LogP contribution in [-0.2, 0) is 0 Å². The number of benzene rings is 3. The summed E-state index contributed by atoms with van der Waals surface area (Å²) in [7, 11) is 0. The first-order chi connectivity index (χ1) is 10.3. The van der Waals surface area contributed by atoms with E-state index in [2.05, 4.69) is 4.90 Å². The summed E-state index contributed by atoms with van der Waals surface area (Å²) in [4.78, 5) is 2.06. The van der Waals surface area contributed by atoms with Gasteiger partial charge < -0.3 is 4.90 Å². The van der Waals surface area contributed by atoms with Crippen LogP contribution in [0.5, 0.6) is 0 Å².